The topological polar surface area (TPSA) is 39.2 Å². The minimum absolute atomic E-state index is 0.0968. The smallest absolute Gasteiger partial charge is 0.377 e. The second-order valence-electron chi connectivity index (χ2n) is 3.80. The molecule has 1 aliphatic rings. The maximum absolute atomic E-state index is 12.6. The predicted octanol–water partition coefficient (Wildman–Crippen LogP) is 3.17. The predicted molar refractivity (Wildman–Crippen MR) is 60.5 cm³/mol. The van der Waals surface area contributed by atoms with Gasteiger partial charge in [-0.2, -0.15) is 13.2 Å². The molecule has 98 valence electrons. The molecule has 2 heterocycles. The summed E-state index contributed by atoms with van der Waals surface area (Å²) in [5.41, 5.74) is 0.611. The third-order valence-corrected chi connectivity index (χ3v) is 3.63. The van der Waals surface area contributed by atoms with Crippen molar-refractivity contribution in [2.45, 2.75) is 19.5 Å². The Morgan fingerprint density at radius 2 is 2.22 bits per heavy atom. The highest BCUT2D eigenvalue weighted by Gasteiger charge is 2.37. The number of carbonyl (C=O) groups excluding carboxylic acids is 1. The number of alkyl halides is 3. The van der Waals surface area contributed by atoms with E-state index in [9.17, 15) is 18.0 Å². The molecule has 1 aliphatic heterocycles. The van der Waals surface area contributed by atoms with Crippen LogP contribution in [0.4, 0.5) is 13.2 Å². The van der Waals surface area contributed by atoms with Crippen molar-refractivity contribution in [3.63, 3.8) is 0 Å². The Bertz CT molecular complexity index is 505. The number of halogens is 3. The van der Waals surface area contributed by atoms with Crippen molar-refractivity contribution < 1.29 is 22.7 Å². The van der Waals surface area contributed by atoms with Crippen molar-refractivity contribution in [1.29, 1.82) is 0 Å². The van der Waals surface area contributed by atoms with Crippen LogP contribution in [0, 0.1) is 0 Å². The lowest BCUT2D eigenvalue weighted by atomic mass is 10.1. The van der Waals surface area contributed by atoms with Gasteiger partial charge < -0.3 is 4.74 Å². The standard InChI is InChI=1S/C11H10F3NO2S/c1-6(16)8-9(7-2-4-17-5-3-7)18-10(15-8)11(12,13)14/h2H,3-5H2,1H3. The maximum Gasteiger partial charge on any atom is 0.443 e. The summed E-state index contributed by atoms with van der Waals surface area (Å²) in [4.78, 5) is 15.1. The molecule has 0 radical (unpaired) electrons. The molecule has 0 unspecified atom stereocenters. The molecule has 0 saturated carbocycles. The summed E-state index contributed by atoms with van der Waals surface area (Å²) in [7, 11) is 0. The zero-order valence-electron chi connectivity index (χ0n) is 9.50. The molecule has 0 aliphatic carbocycles. The number of rotatable bonds is 2. The number of carbonyl (C=O) groups is 1. The molecule has 3 nitrogen and oxygen atoms in total. The Morgan fingerprint density at radius 3 is 2.72 bits per heavy atom. The minimum atomic E-state index is -4.52. The first-order chi connectivity index (χ1) is 8.39. The molecule has 0 spiro atoms. The van der Waals surface area contributed by atoms with Gasteiger partial charge in [-0.15, -0.1) is 11.3 Å². The zero-order valence-corrected chi connectivity index (χ0v) is 10.3. The summed E-state index contributed by atoms with van der Waals surface area (Å²) < 4.78 is 42.9. The number of aromatic nitrogens is 1. The van der Waals surface area contributed by atoms with Gasteiger partial charge >= 0.3 is 6.18 Å². The second kappa shape index (κ2) is 4.81. The lowest BCUT2D eigenvalue weighted by molar-refractivity contribution is -0.137. The number of ketones is 1. The van der Waals surface area contributed by atoms with Gasteiger partial charge in [0.1, 0.15) is 5.69 Å². The highest BCUT2D eigenvalue weighted by molar-refractivity contribution is 7.13. The van der Waals surface area contributed by atoms with Gasteiger partial charge in [-0.3, -0.25) is 4.79 Å². The van der Waals surface area contributed by atoms with Gasteiger partial charge in [-0.05, 0) is 12.0 Å². The monoisotopic (exact) mass is 277 g/mol. The van der Waals surface area contributed by atoms with Gasteiger partial charge in [0.2, 0.25) is 0 Å². The van der Waals surface area contributed by atoms with Crippen LogP contribution in [0.25, 0.3) is 5.57 Å². The van der Waals surface area contributed by atoms with E-state index in [0.29, 0.717) is 41.4 Å². The number of ether oxygens (including phenoxy) is 1. The Kier molecular flexibility index (Phi) is 3.54. The molecule has 0 aromatic carbocycles. The van der Waals surface area contributed by atoms with E-state index in [0.717, 1.165) is 0 Å². The van der Waals surface area contributed by atoms with E-state index in [2.05, 4.69) is 4.98 Å². The summed E-state index contributed by atoms with van der Waals surface area (Å²) in [6.45, 7) is 2.02. The summed E-state index contributed by atoms with van der Waals surface area (Å²) in [5, 5.41) is -0.977. The summed E-state index contributed by atoms with van der Waals surface area (Å²) >= 11 is 0.521. The van der Waals surface area contributed by atoms with Crippen molar-refractivity contribution in [1.82, 2.24) is 4.98 Å². The summed E-state index contributed by atoms with van der Waals surface area (Å²) in [6.07, 6.45) is -2.32. The fourth-order valence-electron chi connectivity index (χ4n) is 1.63. The molecule has 7 heteroatoms. The van der Waals surface area contributed by atoms with E-state index in [4.69, 9.17) is 4.74 Å². The Balaban J connectivity index is 2.48. The normalized spacial score (nSPS) is 16.6. The molecule has 0 fully saturated rings. The summed E-state index contributed by atoms with van der Waals surface area (Å²) in [6, 6.07) is 0. The van der Waals surface area contributed by atoms with Crippen LogP contribution in [0.5, 0.6) is 0 Å². The van der Waals surface area contributed by atoms with Crippen LogP contribution in [-0.2, 0) is 10.9 Å². The van der Waals surface area contributed by atoms with Crippen LogP contribution in [0.3, 0.4) is 0 Å². The number of hydrogen-bond donors (Lipinski definition) is 0. The molecule has 18 heavy (non-hydrogen) atoms. The summed E-state index contributed by atoms with van der Waals surface area (Å²) in [5.74, 6) is -0.454. The van der Waals surface area contributed by atoms with Gasteiger partial charge in [0.15, 0.2) is 10.8 Å². The Morgan fingerprint density at radius 1 is 1.50 bits per heavy atom. The highest BCUT2D eigenvalue weighted by atomic mass is 32.1. The van der Waals surface area contributed by atoms with Gasteiger partial charge in [-0.1, -0.05) is 6.08 Å². The fraction of sp³-hybridized carbons (Fsp3) is 0.455. The number of thiazole rings is 1. The largest absolute Gasteiger partial charge is 0.443 e. The van der Waals surface area contributed by atoms with E-state index in [1.165, 1.54) is 6.92 Å². The first kappa shape index (κ1) is 13.2. The van der Waals surface area contributed by atoms with E-state index in [-0.39, 0.29) is 5.69 Å². The van der Waals surface area contributed by atoms with Gasteiger partial charge in [0.25, 0.3) is 0 Å². The van der Waals surface area contributed by atoms with Crippen LogP contribution in [0.2, 0.25) is 0 Å². The lowest BCUT2D eigenvalue weighted by Crippen LogP contribution is -2.06. The molecule has 0 saturated heterocycles. The molecule has 0 atom stereocenters. The average molecular weight is 277 g/mol. The fourth-order valence-corrected chi connectivity index (χ4v) is 2.68. The lowest BCUT2D eigenvalue weighted by Gasteiger charge is -2.12. The van der Waals surface area contributed by atoms with Crippen molar-refractivity contribution in [2.75, 3.05) is 13.2 Å². The van der Waals surface area contributed by atoms with Gasteiger partial charge in [-0.25, -0.2) is 4.98 Å². The molecular formula is C11H10F3NO2S. The minimum Gasteiger partial charge on any atom is -0.377 e. The molecule has 2 rings (SSSR count). The Hall–Kier alpha value is -1.21. The zero-order chi connectivity index (χ0) is 13.3. The third kappa shape index (κ3) is 2.62. The van der Waals surface area contributed by atoms with Crippen LogP contribution < -0.4 is 0 Å². The molecule has 0 amide bonds. The number of hydrogen-bond acceptors (Lipinski definition) is 4. The van der Waals surface area contributed by atoms with Crippen LogP contribution in [0.15, 0.2) is 6.08 Å². The van der Waals surface area contributed by atoms with Crippen molar-refractivity contribution in [3.05, 3.63) is 21.7 Å². The Labute approximate surface area is 105 Å². The maximum atomic E-state index is 12.6. The first-order valence-corrected chi connectivity index (χ1v) is 6.07. The highest BCUT2D eigenvalue weighted by Crippen LogP contribution is 2.38. The molecule has 1 aromatic heterocycles. The quantitative estimate of drug-likeness (QED) is 0.779. The third-order valence-electron chi connectivity index (χ3n) is 2.46. The molecule has 0 bridgehead atoms. The second-order valence-corrected chi connectivity index (χ2v) is 4.80. The average Bonchev–Trinajstić information content (AvgIpc) is 2.74. The first-order valence-electron chi connectivity index (χ1n) is 5.25. The van der Waals surface area contributed by atoms with Crippen LogP contribution in [-0.4, -0.2) is 24.0 Å². The van der Waals surface area contributed by atoms with Crippen LogP contribution >= 0.6 is 11.3 Å². The van der Waals surface area contributed by atoms with E-state index in [1.807, 2.05) is 0 Å². The van der Waals surface area contributed by atoms with E-state index >= 15 is 0 Å². The SMILES string of the molecule is CC(=O)c1nc(C(F)(F)F)sc1C1=CCOCC1. The van der Waals surface area contributed by atoms with Crippen molar-refractivity contribution >= 4 is 22.7 Å². The van der Waals surface area contributed by atoms with Gasteiger partial charge in [0.05, 0.1) is 18.1 Å². The molecule has 0 N–H and O–H groups in total. The molecular weight excluding hydrogens is 267 g/mol. The van der Waals surface area contributed by atoms with Gasteiger partial charge in [0, 0.05) is 6.92 Å². The molecule has 1 aromatic rings. The van der Waals surface area contributed by atoms with Crippen LogP contribution in [0.1, 0.15) is 33.7 Å². The van der Waals surface area contributed by atoms with Crippen molar-refractivity contribution in [2.24, 2.45) is 0 Å². The van der Waals surface area contributed by atoms with E-state index < -0.39 is 17.0 Å². The van der Waals surface area contributed by atoms with E-state index in [1.54, 1.807) is 6.08 Å². The number of nitrogens with zero attached hydrogens (tertiary/aromatic N) is 1. The van der Waals surface area contributed by atoms with Crippen molar-refractivity contribution in [3.8, 4) is 0 Å². The number of Topliss-reactive ketones (excluding diaryl/α,β-unsaturated/α-hetero) is 1.